The Bertz CT molecular complexity index is 1530. The largest absolute Gasteiger partial charge is 0.369 e. The van der Waals surface area contributed by atoms with Crippen LogP contribution in [0.3, 0.4) is 0 Å². The van der Waals surface area contributed by atoms with Crippen LogP contribution in [0.25, 0.3) is 28.0 Å². The molecule has 5 rings (SSSR count). The van der Waals surface area contributed by atoms with Crippen LogP contribution >= 0.6 is 0 Å². The summed E-state index contributed by atoms with van der Waals surface area (Å²) in [5, 5.41) is 4.68. The molecule has 0 radical (unpaired) electrons. The van der Waals surface area contributed by atoms with Gasteiger partial charge in [-0.25, -0.2) is 23.3 Å². The van der Waals surface area contributed by atoms with Gasteiger partial charge in [0.05, 0.1) is 17.8 Å². The molecule has 0 aliphatic rings. The monoisotopic (exact) mass is 454 g/mol. The normalized spacial score (nSPS) is 11.3. The van der Waals surface area contributed by atoms with Gasteiger partial charge in [-0.3, -0.25) is 4.98 Å². The van der Waals surface area contributed by atoms with Gasteiger partial charge in [0.15, 0.2) is 5.65 Å². The van der Waals surface area contributed by atoms with Crippen molar-refractivity contribution in [3.8, 4) is 22.4 Å². The van der Waals surface area contributed by atoms with Crippen molar-refractivity contribution in [1.29, 1.82) is 0 Å². The van der Waals surface area contributed by atoms with Gasteiger partial charge in [-0.05, 0) is 55.7 Å². The molecule has 0 unspecified atom stereocenters. The Morgan fingerprint density at radius 3 is 2.26 bits per heavy atom. The average molecular weight is 455 g/mol. The van der Waals surface area contributed by atoms with Crippen LogP contribution in [0.1, 0.15) is 17.0 Å². The van der Waals surface area contributed by atoms with E-state index in [0.717, 1.165) is 28.1 Å². The fourth-order valence-electron chi connectivity index (χ4n) is 4.18. The Morgan fingerprint density at radius 1 is 0.912 bits per heavy atom. The Balaban J connectivity index is 1.72. The fourth-order valence-corrected chi connectivity index (χ4v) is 4.18. The lowest BCUT2D eigenvalue weighted by Crippen LogP contribution is -2.24. The fraction of sp³-hybridized carbons (Fsp3) is 0.154. The third-order valence-electron chi connectivity index (χ3n) is 5.70. The van der Waals surface area contributed by atoms with Crippen molar-refractivity contribution in [3.63, 3.8) is 0 Å². The van der Waals surface area contributed by atoms with Gasteiger partial charge < -0.3 is 5.73 Å². The van der Waals surface area contributed by atoms with Crippen LogP contribution in [-0.2, 0) is 13.0 Å². The van der Waals surface area contributed by atoms with Crippen LogP contribution < -0.4 is 11.4 Å². The molecule has 3 heterocycles. The number of fused-ring (bicyclic) bond motifs is 1. The quantitative estimate of drug-likeness (QED) is 0.430. The van der Waals surface area contributed by atoms with Crippen molar-refractivity contribution >= 4 is 11.6 Å². The molecule has 2 N–H and O–H groups in total. The Hall–Kier alpha value is -4.33. The summed E-state index contributed by atoms with van der Waals surface area (Å²) in [7, 11) is 0. The zero-order valence-electron chi connectivity index (χ0n) is 18.9. The molecule has 0 atom stereocenters. The highest BCUT2D eigenvalue weighted by Crippen LogP contribution is 2.34. The van der Waals surface area contributed by atoms with Crippen LogP contribution in [0, 0.1) is 19.7 Å². The minimum atomic E-state index is -0.370. The molecule has 0 aliphatic carbocycles. The minimum Gasteiger partial charge on any atom is -0.369 e. The maximum atomic E-state index is 13.3. The number of aryl methyl sites for hydroxylation is 4. The zero-order chi connectivity index (χ0) is 23.8. The number of nitrogens with zero attached hydrogens (tertiary/aromatic N) is 5. The first-order valence-corrected chi connectivity index (χ1v) is 11.0. The highest BCUT2D eigenvalue weighted by atomic mass is 19.1. The van der Waals surface area contributed by atoms with Crippen LogP contribution in [0.4, 0.5) is 10.3 Å². The maximum Gasteiger partial charge on any atom is 0.353 e. The smallest absolute Gasteiger partial charge is 0.353 e. The predicted molar refractivity (Wildman–Crippen MR) is 130 cm³/mol. The van der Waals surface area contributed by atoms with Gasteiger partial charge in [0.2, 0.25) is 5.95 Å². The Morgan fingerprint density at radius 2 is 1.59 bits per heavy atom. The minimum absolute atomic E-state index is 0.0677. The molecule has 2 aromatic carbocycles. The van der Waals surface area contributed by atoms with Crippen LogP contribution in [0.2, 0.25) is 0 Å². The van der Waals surface area contributed by atoms with Crippen molar-refractivity contribution in [2.24, 2.45) is 0 Å². The first-order chi connectivity index (χ1) is 16.4. The number of rotatable bonds is 5. The molecule has 0 spiro atoms. The first kappa shape index (κ1) is 21.5. The molecular weight excluding hydrogens is 431 g/mol. The lowest BCUT2D eigenvalue weighted by atomic mass is 9.99. The first-order valence-electron chi connectivity index (χ1n) is 11.0. The zero-order valence-corrected chi connectivity index (χ0v) is 18.9. The number of anilines is 1. The SMILES string of the molecule is Cc1cc(-c2c(-c3ccccc3)nc(N)n3c(=O)n(CCc4ccc(F)cc4)nc23)cc(C)n1. The third kappa shape index (κ3) is 3.94. The topological polar surface area (TPSA) is 91.1 Å². The van der Waals surface area contributed by atoms with E-state index in [1.54, 1.807) is 12.1 Å². The summed E-state index contributed by atoms with van der Waals surface area (Å²) in [6.45, 7) is 4.17. The summed E-state index contributed by atoms with van der Waals surface area (Å²) < 4.78 is 16.0. The van der Waals surface area contributed by atoms with E-state index in [2.05, 4.69) is 15.1 Å². The summed E-state index contributed by atoms with van der Waals surface area (Å²) in [6, 6.07) is 19.8. The molecule has 0 fully saturated rings. The van der Waals surface area contributed by atoms with Gasteiger partial charge >= 0.3 is 5.69 Å². The van der Waals surface area contributed by atoms with Crippen LogP contribution in [0.5, 0.6) is 0 Å². The Labute approximate surface area is 195 Å². The Kier molecular flexibility index (Phi) is 5.41. The molecule has 0 amide bonds. The number of nitrogen functional groups attached to an aromatic ring is 1. The second kappa shape index (κ2) is 8.55. The van der Waals surface area contributed by atoms with E-state index in [1.165, 1.54) is 21.2 Å². The number of aromatic nitrogens is 5. The van der Waals surface area contributed by atoms with Crippen molar-refractivity contribution in [2.75, 3.05) is 5.73 Å². The van der Waals surface area contributed by atoms with E-state index in [0.29, 0.717) is 29.9 Å². The lowest BCUT2D eigenvalue weighted by Gasteiger charge is -2.13. The van der Waals surface area contributed by atoms with Crippen molar-refractivity contribution in [2.45, 2.75) is 26.8 Å². The number of halogens is 1. The third-order valence-corrected chi connectivity index (χ3v) is 5.70. The summed E-state index contributed by atoms with van der Waals surface area (Å²) in [5.74, 6) is -0.230. The predicted octanol–water partition coefficient (Wildman–Crippen LogP) is 4.20. The van der Waals surface area contributed by atoms with E-state index in [-0.39, 0.29) is 17.5 Å². The van der Waals surface area contributed by atoms with Gasteiger partial charge in [-0.2, -0.15) is 0 Å². The summed E-state index contributed by atoms with van der Waals surface area (Å²) in [6.07, 6.45) is 0.520. The standard InChI is InChI=1S/C26H23FN6O/c1-16-14-20(15-17(2)29-16)22-23(19-6-4-3-5-7-19)30-25(28)33-24(22)31-32(26(33)34)13-12-18-8-10-21(27)11-9-18/h3-11,14-15H,12-13H2,1-2H3,(H2,28,30). The van der Waals surface area contributed by atoms with Crippen LogP contribution in [0.15, 0.2) is 71.5 Å². The molecule has 0 bridgehead atoms. The molecule has 170 valence electrons. The molecule has 0 saturated heterocycles. The van der Waals surface area contributed by atoms with Crippen molar-refractivity contribution in [3.05, 3.63) is 100.0 Å². The summed E-state index contributed by atoms with van der Waals surface area (Å²) in [5.41, 5.74) is 12.0. The molecular formula is C26H23FN6O. The van der Waals surface area contributed by atoms with Gasteiger partial charge in [-0.1, -0.05) is 42.5 Å². The number of hydrogen-bond donors (Lipinski definition) is 1. The number of pyridine rings is 1. The van der Waals surface area contributed by atoms with Gasteiger partial charge in [0, 0.05) is 17.0 Å². The van der Waals surface area contributed by atoms with Crippen LogP contribution in [-0.4, -0.2) is 24.1 Å². The highest BCUT2D eigenvalue weighted by molar-refractivity contribution is 5.90. The van der Waals surface area contributed by atoms with E-state index in [1.807, 2.05) is 56.3 Å². The molecule has 8 heteroatoms. The summed E-state index contributed by atoms with van der Waals surface area (Å²) >= 11 is 0. The van der Waals surface area contributed by atoms with E-state index < -0.39 is 0 Å². The van der Waals surface area contributed by atoms with Crippen molar-refractivity contribution in [1.82, 2.24) is 24.1 Å². The van der Waals surface area contributed by atoms with Crippen molar-refractivity contribution < 1.29 is 4.39 Å². The molecule has 3 aromatic heterocycles. The second-order valence-corrected chi connectivity index (χ2v) is 8.24. The molecule has 34 heavy (non-hydrogen) atoms. The summed E-state index contributed by atoms with van der Waals surface area (Å²) in [4.78, 5) is 22.4. The molecule has 0 aliphatic heterocycles. The number of nitrogens with two attached hydrogens (primary N) is 1. The molecule has 5 aromatic rings. The second-order valence-electron chi connectivity index (χ2n) is 8.24. The van der Waals surface area contributed by atoms with Gasteiger partial charge in [0.25, 0.3) is 0 Å². The lowest BCUT2D eigenvalue weighted by molar-refractivity contribution is 0.591. The highest BCUT2D eigenvalue weighted by Gasteiger charge is 2.22. The van der Waals surface area contributed by atoms with Gasteiger partial charge in [-0.15, -0.1) is 5.10 Å². The maximum absolute atomic E-state index is 13.3. The number of hydrogen-bond acceptors (Lipinski definition) is 5. The average Bonchev–Trinajstić information content (AvgIpc) is 3.15. The van der Waals surface area contributed by atoms with Gasteiger partial charge in [0.1, 0.15) is 5.82 Å². The molecule has 7 nitrogen and oxygen atoms in total. The van der Waals surface area contributed by atoms with E-state index >= 15 is 0 Å². The van der Waals surface area contributed by atoms with E-state index in [9.17, 15) is 9.18 Å². The molecule has 0 saturated carbocycles. The van der Waals surface area contributed by atoms with E-state index in [4.69, 9.17) is 5.73 Å². The number of benzene rings is 2.